The number of benzene rings is 5. The van der Waals surface area contributed by atoms with E-state index in [1.807, 2.05) is 0 Å². The molecule has 0 atom stereocenters. The highest BCUT2D eigenvalue weighted by Gasteiger charge is 2.20. The molecule has 5 aromatic carbocycles. The zero-order chi connectivity index (χ0) is 27.2. The van der Waals surface area contributed by atoms with Gasteiger partial charge in [-0.2, -0.15) is 0 Å². The van der Waals surface area contributed by atoms with Crippen molar-refractivity contribution in [3.05, 3.63) is 130 Å². The molecule has 0 aromatic heterocycles. The number of hydrogen-bond donors (Lipinski definition) is 0. The van der Waals surface area contributed by atoms with E-state index in [4.69, 9.17) is 4.99 Å². The first-order chi connectivity index (χ1) is 19.6. The van der Waals surface area contributed by atoms with E-state index in [1.165, 1.54) is 71.3 Å². The fraction of sp³-hybridized carbons (Fsp3) is 0.154. The first kappa shape index (κ1) is 24.5. The van der Waals surface area contributed by atoms with Crippen LogP contribution in [0.4, 0.5) is 5.69 Å². The Labute approximate surface area is 236 Å². The van der Waals surface area contributed by atoms with Crippen LogP contribution < -0.4 is 10.4 Å². The predicted octanol–water partition coefficient (Wildman–Crippen LogP) is 9.00. The van der Waals surface area contributed by atoms with Crippen molar-refractivity contribution in [2.24, 2.45) is 4.99 Å². The zero-order valence-electron chi connectivity index (χ0n) is 23.5. The molecule has 0 amide bonds. The lowest BCUT2D eigenvalue weighted by Gasteiger charge is -2.17. The molecule has 1 aliphatic carbocycles. The normalized spacial score (nSPS) is 14.3. The summed E-state index contributed by atoms with van der Waals surface area (Å²) in [7, 11) is 0. The second-order valence-corrected chi connectivity index (χ2v) is 11.0. The van der Waals surface area contributed by atoms with Crippen LogP contribution in [0.25, 0.3) is 50.8 Å². The first-order valence-electron chi connectivity index (χ1n) is 14.4. The van der Waals surface area contributed by atoms with Gasteiger partial charge in [0.2, 0.25) is 0 Å². The molecule has 194 valence electrons. The second kappa shape index (κ2) is 9.92. The summed E-state index contributed by atoms with van der Waals surface area (Å²) in [5.74, 6) is 0. The van der Waals surface area contributed by atoms with E-state index in [2.05, 4.69) is 130 Å². The Morgan fingerprint density at radius 2 is 1.38 bits per heavy atom. The van der Waals surface area contributed by atoms with E-state index in [0.717, 1.165) is 30.7 Å². The van der Waals surface area contributed by atoms with Gasteiger partial charge in [-0.1, -0.05) is 103 Å². The van der Waals surface area contributed by atoms with Crippen LogP contribution in [-0.2, 0) is 6.42 Å². The summed E-state index contributed by atoms with van der Waals surface area (Å²) >= 11 is 0. The van der Waals surface area contributed by atoms with E-state index in [1.54, 1.807) is 0 Å². The lowest BCUT2D eigenvalue weighted by Crippen LogP contribution is -2.29. The van der Waals surface area contributed by atoms with Crippen LogP contribution in [-0.4, -0.2) is 5.71 Å². The van der Waals surface area contributed by atoms with Gasteiger partial charge < -0.3 is 0 Å². The van der Waals surface area contributed by atoms with Gasteiger partial charge in [0.25, 0.3) is 0 Å². The van der Waals surface area contributed by atoms with Crippen molar-refractivity contribution in [3.8, 4) is 22.3 Å². The monoisotopic (exact) mass is 515 g/mol. The Morgan fingerprint density at radius 3 is 2.15 bits per heavy atom. The summed E-state index contributed by atoms with van der Waals surface area (Å²) in [5.41, 5.74) is 13.7. The van der Waals surface area contributed by atoms with Crippen molar-refractivity contribution in [1.82, 2.24) is 0 Å². The van der Waals surface area contributed by atoms with Gasteiger partial charge in [0, 0.05) is 22.9 Å². The molecule has 1 nitrogen and oxygen atoms in total. The van der Waals surface area contributed by atoms with Crippen LogP contribution in [0.3, 0.4) is 0 Å². The number of aliphatic imine (C=N–C) groups is 1. The molecule has 0 radical (unpaired) electrons. The van der Waals surface area contributed by atoms with Crippen LogP contribution in [0.5, 0.6) is 0 Å². The predicted molar refractivity (Wildman–Crippen MR) is 173 cm³/mol. The average molecular weight is 516 g/mol. The summed E-state index contributed by atoms with van der Waals surface area (Å²) in [6, 6.07) is 33.7. The Bertz CT molecular complexity index is 1980. The molecule has 1 heterocycles. The number of rotatable bonds is 2. The molecule has 0 N–H and O–H groups in total. The minimum Gasteiger partial charge on any atom is -0.252 e. The minimum absolute atomic E-state index is 0.844. The highest BCUT2D eigenvalue weighted by Crippen LogP contribution is 2.37. The van der Waals surface area contributed by atoms with Crippen molar-refractivity contribution in [3.63, 3.8) is 0 Å². The Balaban J connectivity index is 1.50. The van der Waals surface area contributed by atoms with Crippen molar-refractivity contribution < 1.29 is 0 Å². The van der Waals surface area contributed by atoms with Gasteiger partial charge in [-0.3, -0.25) is 4.99 Å². The summed E-state index contributed by atoms with van der Waals surface area (Å²) in [4.78, 5) is 5.42. The standard InChI is InChI=1S/C39H33N/c1-4-25(2)27-17-19-28(20-18-27)29-21-22-30-24-38-35-15-8-7-13-33(35)34-14-9-10-16-36(34)39(38)40-26(3)31-11-5-6-12-32(31)37(30)23-29/h4-8,11-23H,9-10,24H2,1-3H3/b25-4+,40-26?. The molecule has 0 saturated heterocycles. The van der Waals surface area contributed by atoms with Crippen molar-refractivity contribution in [1.29, 1.82) is 0 Å². The lowest BCUT2D eigenvalue weighted by molar-refractivity contribution is 1.11. The number of hydrogen-bond acceptors (Lipinski definition) is 1. The van der Waals surface area contributed by atoms with Crippen LogP contribution >= 0.6 is 0 Å². The SMILES string of the molecule is C/C=C(\C)c1ccc(-c2ccc3c(c2)-c2ccccc2C(C)=Nc2c(c4ccccc4c4c2=CCCC=4)C3)cc1. The third-order valence-electron chi connectivity index (χ3n) is 8.71. The highest BCUT2D eigenvalue weighted by atomic mass is 14.8. The van der Waals surface area contributed by atoms with Crippen molar-refractivity contribution >= 4 is 39.9 Å². The fourth-order valence-electron chi connectivity index (χ4n) is 6.44. The van der Waals surface area contributed by atoms with Gasteiger partial charge in [0.1, 0.15) is 0 Å². The van der Waals surface area contributed by atoms with E-state index in [0.29, 0.717) is 0 Å². The van der Waals surface area contributed by atoms with Gasteiger partial charge in [-0.15, -0.1) is 0 Å². The second-order valence-electron chi connectivity index (χ2n) is 11.0. The van der Waals surface area contributed by atoms with Crippen LogP contribution in [0.15, 0.2) is 102 Å². The van der Waals surface area contributed by atoms with Crippen LogP contribution in [0, 0.1) is 0 Å². The zero-order valence-corrected chi connectivity index (χ0v) is 23.5. The summed E-state index contributed by atoms with van der Waals surface area (Å²) in [6.45, 7) is 6.43. The summed E-state index contributed by atoms with van der Waals surface area (Å²) < 4.78 is 0. The lowest BCUT2D eigenvalue weighted by atomic mass is 9.87. The molecular formula is C39H33N. The van der Waals surface area contributed by atoms with Gasteiger partial charge >= 0.3 is 0 Å². The summed E-state index contributed by atoms with van der Waals surface area (Å²) in [6.07, 6.45) is 9.98. The molecule has 0 saturated carbocycles. The van der Waals surface area contributed by atoms with Gasteiger partial charge in [-0.05, 0) is 100 Å². The van der Waals surface area contributed by atoms with E-state index in [-0.39, 0.29) is 0 Å². The van der Waals surface area contributed by atoms with Crippen LogP contribution in [0.2, 0.25) is 0 Å². The maximum atomic E-state index is 5.42. The van der Waals surface area contributed by atoms with E-state index >= 15 is 0 Å². The minimum atomic E-state index is 0.844. The number of allylic oxidation sites excluding steroid dienone is 2. The Kier molecular flexibility index (Phi) is 6.09. The molecule has 7 rings (SSSR count). The highest BCUT2D eigenvalue weighted by molar-refractivity contribution is 6.07. The van der Waals surface area contributed by atoms with Gasteiger partial charge in [0.15, 0.2) is 0 Å². The molecule has 2 aliphatic rings. The molecule has 40 heavy (non-hydrogen) atoms. The molecule has 0 fully saturated rings. The topological polar surface area (TPSA) is 12.4 Å². The van der Waals surface area contributed by atoms with Crippen molar-refractivity contribution in [2.75, 3.05) is 0 Å². The molecular weight excluding hydrogens is 482 g/mol. The molecule has 1 heteroatoms. The quantitative estimate of drug-likeness (QED) is 0.222. The smallest absolute Gasteiger partial charge is 0.0749 e. The van der Waals surface area contributed by atoms with Crippen molar-refractivity contribution in [2.45, 2.75) is 40.0 Å². The molecule has 0 spiro atoms. The largest absolute Gasteiger partial charge is 0.252 e. The number of fused-ring (bicyclic) bond motifs is 9. The average Bonchev–Trinajstić information content (AvgIpc) is 3.07. The van der Waals surface area contributed by atoms with Crippen LogP contribution in [0.1, 0.15) is 55.9 Å². The summed E-state index contributed by atoms with van der Waals surface area (Å²) in [5, 5.41) is 5.30. The molecule has 1 aliphatic heterocycles. The van der Waals surface area contributed by atoms with E-state index in [9.17, 15) is 0 Å². The third kappa shape index (κ3) is 4.05. The Morgan fingerprint density at radius 1 is 0.700 bits per heavy atom. The maximum Gasteiger partial charge on any atom is 0.0749 e. The number of nitrogens with zero attached hydrogens (tertiary/aromatic N) is 1. The maximum absolute atomic E-state index is 5.42. The first-order valence-corrected chi connectivity index (χ1v) is 14.4. The third-order valence-corrected chi connectivity index (χ3v) is 8.71. The molecule has 5 aromatic rings. The van der Waals surface area contributed by atoms with E-state index < -0.39 is 0 Å². The Hall–Kier alpha value is -4.49. The molecule has 0 bridgehead atoms. The fourth-order valence-corrected chi connectivity index (χ4v) is 6.44. The van der Waals surface area contributed by atoms with Gasteiger partial charge in [0.05, 0.1) is 5.69 Å². The molecule has 0 unspecified atom stereocenters. The van der Waals surface area contributed by atoms with Gasteiger partial charge in [-0.25, -0.2) is 0 Å².